The molecule has 1 aliphatic rings. The Balaban J connectivity index is 1.65. The fraction of sp³-hybridized carbons (Fsp3) is 0.312. The molecule has 3 rings (SSSR count). The zero-order chi connectivity index (χ0) is 18.0. The molecule has 0 bridgehead atoms. The van der Waals surface area contributed by atoms with Crippen LogP contribution in [0.5, 0.6) is 0 Å². The first-order valence-electron chi connectivity index (χ1n) is 7.63. The molecule has 0 saturated carbocycles. The maximum atomic E-state index is 12.2. The third-order valence-corrected chi connectivity index (χ3v) is 5.67. The second kappa shape index (κ2) is 6.67. The van der Waals surface area contributed by atoms with Crippen molar-refractivity contribution >= 4 is 32.6 Å². The van der Waals surface area contributed by atoms with E-state index >= 15 is 0 Å². The SMILES string of the molecule is O=C(COC(=O)c1cc(=O)[nH]c2ccccc12)N[C@H]1CCS(=O)(=O)C1. The van der Waals surface area contributed by atoms with Gasteiger partial charge in [0.05, 0.1) is 17.1 Å². The number of nitrogens with one attached hydrogen (secondary N) is 2. The number of sulfone groups is 1. The molecule has 0 unspecified atom stereocenters. The summed E-state index contributed by atoms with van der Waals surface area (Å²) in [5, 5.41) is 3.04. The predicted molar refractivity (Wildman–Crippen MR) is 90.1 cm³/mol. The Morgan fingerprint density at radius 2 is 2.04 bits per heavy atom. The van der Waals surface area contributed by atoms with Crippen molar-refractivity contribution in [2.24, 2.45) is 0 Å². The fourth-order valence-electron chi connectivity index (χ4n) is 2.76. The summed E-state index contributed by atoms with van der Waals surface area (Å²) >= 11 is 0. The van der Waals surface area contributed by atoms with Crippen LogP contribution in [0.1, 0.15) is 16.8 Å². The molecule has 1 amide bonds. The number of rotatable bonds is 4. The molecular formula is C16H16N2O6S. The molecule has 0 spiro atoms. The predicted octanol–water partition coefficient (Wildman–Crippen LogP) is -0.0118. The lowest BCUT2D eigenvalue weighted by atomic mass is 10.1. The van der Waals surface area contributed by atoms with Crippen molar-refractivity contribution in [3.05, 3.63) is 46.2 Å². The van der Waals surface area contributed by atoms with E-state index in [0.717, 1.165) is 6.07 Å². The summed E-state index contributed by atoms with van der Waals surface area (Å²) in [4.78, 5) is 38.3. The molecule has 0 aliphatic carbocycles. The van der Waals surface area contributed by atoms with E-state index in [1.165, 1.54) is 0 Å². The topological polar surface area (TPSA) is 122 Å². The Morgan fingerprint density at radius 1 is 1.28 bits per heavy atom. The summed E-state index contributed by atoms with van der Waals surface area (Å²) in [7, 11) is -3.11. The smallest absolute Gasteiger partial charge is 0.339 e. The summed E-state index contributed by atoms with van der Waals surface area (Å²) in [6, 6.07) is 7.40. The Kier molecular flexibility index (Phi) is 4.58. The number of hydrogen-bond donors (Lipinski definition) is 2. The van der Waals surface area contributed by atoms with Crippen molar-refractivity contribution < 1.29 is 22.7 Å². The number of para-hydroxylation sites is 1. The first-order chi connectivity index (χ1) is 11.8. The monoisotopic (exact) mass is 364 g/mol. The van der Waals surface area contributed by atoms with Gasteiger partial charge in [0, 0.05) is 23.0 Å². The van der Waals surface area contributed by atoms with E-state index in [1.807, 2.05) is 0 Å². The molecule has 1 fully saturated rings. The van der Waals surface area contributed by atoms with Gasteiger partial charge in [-0.25, -0.2) is 13.2 Å². The number of aromatic amines is 1. The van der Waals surface area contributed by atoms with Crippen molar-refractivity contribution in [2.75, 3.05) is 18.1 Å². The number of hydrogen-bond acceptors (Lipinski definition) is 6. The van der Waals surface area contributed by atoms with E-state index in [1.54, 1.807) is 24.3 Å². The molecule has 1 aromatic carbocycles. The van der Waals surface area contributed by atoms with Gasteiger partial charge in [0.1, 0.15) is 0 Å². The molecule has 9 heteroatoms. The van der Waals surface area contributed by atoms with Gasteiger partial charge in [0.15, 0.2) is 16.4 Å². The van der Waals surface area contributed by atoms with E-state index < -0.39 is 39.9 Å². The van der Waals surface area contributed by atoms with Crippen LogP contribution in [0.2, 0.25) is 0 Å². The lowest BCUT2D eigenvalue weighted by molar-refractivity contribution is -0.124. The maximum Gasteiger partial charge on any atom is 0.339 e. The summed E-state index contributed by atoms with van der Waals surface area (Å²) in [5.74, 6) is -1.44. The van der Waals surface area contributed by atoms with Crippen LogP contribution in [-0.2, 0) is 19.4 Å². The first-order valence-corrected chi connectivity index (χ1v) is 9.45. The second-order valence-corrected chi connectivity index (χ2v) is 8.07. The molecular weight excluding hydrogens is 348 g/mol. The molecule has 1 aromatic heterocycles. The third kappa shape index (κ3) is 4.05. The van der Waals surface area contributed by atoms with E-state index in [-0.39, 0.29) is 17.1 Å². The number of carbonyl (C=O) groups excluding carboxylic acids is 2. The number of amides is 1. The lowest BCUT2D eigenvalue weighted by Gasteiger charge is -2.11. The average molecular weight is 364 g/mol. The van der Waals surface area contributed by atoms with Gasteiger partial charge < -0.3 is 15.0 Å². The number of pyridine rings is 1. The minimum Gasteiger partial charge on any atom is -0.452 e. The van der Waals surface area contributed by atoms with Gasteiger partial charge in [-0.05, 0) is 12.5 Å². The highest BCUT2D eigenvalue weighted by atomic mass is 32.2. The second-order valence-electron chi connectivity index (χ2n) is 5.84. The van der Waals surface area contributed by atoms with Crippen molar-refractivity contribution in [2.45, 2.75) is 12.5 Å². The van der Waals surface area contributed by atoms with E-state index in [2.05, 4.69) is 10.3 Å². The Bertz CT molecular complexity index is 995. The molecule has 2 N–H and O–H groups in total. The molecule has 25 heavy (non-hydrogen) atoms. The Hall–Kier alpha value is -2.68. The molecule has 2 aromatic rings. The van der Waals surface area contributed by atoms with Crippen molar-refractivity contribution in [1.29, 1.82) is 0 Å². The number of carbonyl (C=O) groups is 2. The van der Waals surface area contributed by atoms with Crippen molar-refractivity contribution in [3.63, 3.8) is 0 Å². The summed E-state index contributed by atoms with van der Waals surface area (Å²) in [6.07, 6.45) is 0.348. The first kappa shape index (κ1) is 17.2. The number of benzene rings is 1. The molecule has 2 heterocycles. The van der Waals surface area contributed by atoms with Gasteiger partial charge in [-0.15, -0.1) is 0 Å². The van der Waals surface area contributed by atoms with Crippen LogP contribution in [0.3, 0.4) is 0 Å². The summed E-state index contributed by atoms with van der Waals surface area (Å²) in [5.41, 5.74) is 0.101. The Morgan fingerprint density at radius 3 is 2.76 bits per heavy atom. The van der Waals surface area contributed by atoms with Gasteiger partial charge in [-0.2, -0.15) is 0 Å². The highest BCUT2D eigenvalue weighted by Crippen LogP contribution is 2.15. The van der Waals surface area contributed by atoms with Crippen LogP contribution >= 0.6 is 0 Å². The average Bonchev–Trinajstić information content (AvgIpc) is 2.90. The number of H-pyrrole nitrogens is 1. The van der Waals surface area contributed by atoms with Gasteiger partial charge in [0.2, 0.25) is 5.56 Å². The van der Waals surface area contributed by atoms with Crippen molar-refractivity contribution in [1.82, 2.24) is 10.3 Å². The number of fused-ring (bicyclic) bond motifs is 1. The normalized spacial score (nSPS) is 18.8. The number of esters is 1. The summed E-state index contributed by atoms with van der Waals surface area (Å²) < 4.78 is 27.7. The molecule has 8 nitrogen and oxygen atoms in total. The largest absolute Gasteiger partial charge is 0.452 e. The number of ether oxygens (including phenoxy) is 1. The van der Waals surface area contributed by atoms with Crippen LogP contribution in [0.15, 0.2) is 35.1 Å². The highest BCUT2D eigenvalue weighted by Gasteiger charge is 2.29. The highest BCUT2D eigenvalue weighted by molar-refractivity contribution is 7.91. The van der Waals surface area contributed by atoms with Gasteiger partial charge in [-0.3, -0.25) is 9.59 Å². The van der Waals surface area contributed by atoms with Crippen LogP contribution < -0.4 is 10.9 Å². The zero-order valence-corrected chi connectivity index (χ0v) is 14.0. The lowest BCUT2D eigenvalue weighted by Crippen LogP contribution is -2.38. The Labute approximate surface area is 143 Å². The fourth-order valence-corrected chi connectivity index (χ4v) is 4.43. The summed E-state index contributed by atoms with van der Waals surface area (Å²) in [6.45, 7) is -0.545. The van der Waals surface area contributed by atoms with Gasteiger partial charge in [-0.1, -0.05) is 18.2 Å². The van der Waals surface area contributed by atoms with Gasteiger partial charge >= 0.3 is 5.97 Å². The minimum atomic E-state index is -3.11. The minimum absolute atomic E-state index is 0.0382. The van der Waals surface area contributed by atoms with Crippen molar-refractivity contribution in [3.8, 4) is 0 Å². The standard InChI is InChI=1S/C16H16N2O6S/c19-14-7-12(11-3-1-2-4-13(11)18-14)16(21)24-8-15(20)17-10-5-6-25(22,23)9-10/h1-4,7,10H,5-6,8-9H2,(H,17,20)(H,18,19)/t10-/m0/s1. The zero-order valence-electron chi connectivity index (χ0n) is 13.2. The van der Waals surface area contributed by atoms with Crippen LogP contribution in [0, 0.1) is 0 Å². The maximum absolute atomic E-state index is 12.2. The molecule has 1 aliphatic heterocycles. The van der Waals surface area contributed by atoms with E-state index in [0.29, 0.717) is 17.3 Å². The number of aromatic nitrogens is 1. The molecule has 0 radical (unpaired) electrons. The van der Waals surface area contributed by atoms with E-state index in [9.17, 15) is 22.8 Å². The van der Waals surface area contributed by atoms with Gasteiger partial charge in [0.25, 0.3) is 5.91 Å². The molecule has 132 valence electrons. The molecule has 1 atom stereocenters. The van der Waals surface area contributed by atoms with Crippen LogP contribution in [0.25, 0.3) is 10.9 Å². The quantitative estimate of drug-likeness (QED) is 0.736. The third-order valence-electron chi connectivity index (χ3n) is 3.90. The van der Waals surface area contributed by atoms with E-state index in [4.69, 9.17) is 4.74 Å². The van der Waals surface area contributed by atoms with Crippen LogP contribution in [-0.4, -0.2) is 49.4 Å². The molecule has 1 saturated heterocycles. The van der Waals surface area contributed by atoms with Crippen LogP contribution in [0.4, 0.5) is 0 Å².